The molecule has 0 fully saturated rings. The van der Waals surface area contributed by atoms with Gasteiger partial charge in [0, 0.05) is 12.0 Å². The van der Waals surface area contributed by atoms with Crippen molar-refractivity contribution in [2.24, 2.45) is 0 Å². The Morgan fingerprint density at radius 1 is 1.18 bits per heavy atom. The topological polar surface area (TPSA) is 37.3 Å². The van der Waals surface area contributed by atoms with E-state index >= 15 is 0 Å². The molecule has 0 spiro atoms. The molecule has 0 saturated carbocycles. The Bertz CT molecular complexity index is 408. The van der Waals surface area contributed by atoms with Crippen molar-refractivity contribution in [3.05, 3.63) is 35.4 Å². The van der Waals surface area contributed by atoms with Crippen molar-refractivity contribution in [1.82, 2.24) is 0 Å². The lowest BCUT2D eigenvalue weighted by atomic mass is 9.84. The van der Waals surface area contributed by atoms with Crippen LogP contribution in [-0.2, 0) is 16.1 Å². The number of rotatable bonds is 4. The molecule has 1 N–H and O–H groups in total. The first-order valence-corrected chi connectivity index (χ1v) is 5.44. The van der Waals surface area contributed by atoms with E-state index < -0.39 is 17.3 Å². The van der Waals surface area contributed by atoms with E-state index in [0.717, 1.165) is 0 Å². The van der Waals surface area contributed by atoms with E-state index in [4.69, 9.17) is 5.11 Å². The second-order valence-electron chi connectivity index (χ2n) is 4.57. The summed E-state index contributed by atoms with van der Waals surface area (Å²) in [4.78, 5) is 11.0. The van der Waals surface area contributed by atoms with Crippen LogP contribution in [0.4, 0.5) is 8.78 Å². The highest BCUT2D eigenvalue weighted by atomic mass is 19.3. The second kappa shape index (κ2) is 4.43. The number of halogens is 2. The van der Waals surface area contributed by atoms with Gasteiger partial charge in [-0.2, -0.15) is 0 Å². The standard InChI is InChI=1S/C13H16F2O2/c1-4-13(14,15)10-7-5-9(6-8-10)12(2,3)11(16)17/h5-8H,4H2,1-3H3,(H,16,17). The number of carbonyl (C=O) groups is 1. The molecule has 1 rings (SSSR count). The van der Waals surface area contributed by atoms with E-state index in [1.807, 2.05) is 0 Å². The van der Waals surface area contributed by atoms with Crippen LogP contribution in [0.2, 0.25) is 0 Å². The maximum atomic E-state index is 13.4. The van der Waals surface area contributed by atoms with Crippen LogP contribution in [0.5, 0.6) is 0 Å². The molecule has 4 heteroatoms. The lowest BCUT2D eigenvalue weighted by Gasteiger charge is -2.21. The normalized spacial score (nSPS) is 12.5. The molecular formula is C13H16F2O2. The quantitative estimate of drug-likeness (QED) is 0.876. The highest BCUT2D eigenvalue weighted by Crippen LogP contribution is 2.33. The minimum atomic E-state index is -2.86. The molecule has 0 aliphatic heterocycles. The van der Waals surface area contributed by atoms with Gasteiger partial charge in [-0.1, -0.05) is 31.2 Å². The zero-order chi connectivity index (χ0) is 13.3. The molecule has 94 valence electrons. The summed E-state index contributed by atoms with van der Waals surface area (Å²) in [6, 6.07) is 5.49. The molecule has 0 amide bonds. The van der Waals surface area contributed by atoms with Gasteiger partial charge in [0.1, 0.15) is 0 Å². The van der Waals surface area contributed by atoms with Crippen molar-refractivity contribution in [2.45, 2.75) is 38.5 Å². The van der Waals surface area contributed by atoms with Crippen LogP contribution in [0.15, 0.2) is 24.3 Å². The highest BCUT2D eigenvalue weighted by Gasteiger charge is 2.32. The van der Waals surface area contributed by atoms with Crippen molar-refractivity contribution in [3.8, 4) is 0 Å². The summed E-state index contributed by atoms with van der Waals surface area (Å²) in [5, 5.41) is 9.02. The van der Waals surface area contributed by atoms with Gasteiger partial charge in [-0.25, -0.2) is 8.78 Å². The third-order valence-corrected chi connectivity index (χ3v) is 3.01. The zero-order valence-electron chi connectivity index (χ0n) is 10.1. The lowest BCUT2D eigenvalue weighted by Crippen LogP contribution is -2.28. The first-order valence-electron chi connectivity index (χ1n) is 5.44. The minimum absolute atomic E-state index is 0.0788. The van der Waals surface area contributed by atoms with Crippen molar-refractivity contribution in [3.63, 3.8) is 0 Å². The SMILES string of the molecule is CCC(F)(F)c1ccc(C(C)(C)C(=O)O)cc1. The Labute approximate surface area is 99.3 Å². The molecule has 0 unspecified atom stereocenters. The Kier molecular flexibility index (Phi) is 3.55. The summed E-state index contributed by atoms with van der Waals surface area (Å²) in [6.07, 6.45) is -0.269. The number of benzene rings is 1. The second-order valence-corrected chi connectivity index (χ2v) is 4.57. The van der Waals surface area contributed by atoms with Crippen molar-refractivity contribution in [1.29, 1.82) is 0 Å². The molecular weight excluding hydrogens is 226 g/mol. The van der Waals surface area contributed by atoms with Gasteiger partial charge in [-0.3, -0.25) is 4.79 Å². The monoisotopic (exact) mass is 242 g/mol. The molecule has 0 saturated heterocycles. The Hall–Kier alpha value is -1.45. The van der Waals surface area contributed by atoms with E-state index in [1.165, 1.54) is 31.2 Å². The van der Waals surface area contributed by atoms with E-state index in [1.54, 1.807) is 13.8 Å². The maximum Gasteiger partial charge on any atom is 0.313 e. The van der Waals surface area contributed by atoms with E-state index in [0.29, 0.717) is 5.56 Å². The number of hydrogen-bond acceptors (Lipinski definition) is 1. The van der Waals surface area contributed by atoms with Crippen LogP contribution in [0.25, 0.3) is 0 Å². The molecule has 1 aromatic carbocycles. The van der Waals surface area contributed by atoms with Gasteiger partial charge in [0.2, 0.25) is 0 Å². The predicted octanol–water partition coefficient (Wildman–Crippen LogP) is 3.55. The van der Waals surface area contributed by atoms with Crippen LogP contribution in [0.3, 0.4) is 0 Å². The van der Waals surface area contributed by atoms with Gasteiger partial charge < -0.3 is 5.11 Å². The summed E-state index contributed by atoms with van der Waals surface area (Å²) in [5.74, 6) is -3.83. The van der Waals surface area contributed by atoms with E-state index in [2.05, 4.69) is 0 Å². The zero-order valence-corrected chi connectivity index (χ0v) is 10.1. The molecule has 0 aliphatic rings. The molecule has 2 nitrogen and oxygen atoms in total. The summed E-state index contributed by atoms with van der Waals surface area (Å²) < 4.78 is 26.7. The lowest BCUT2D eigenvalue weighted by molar-refractivity contribution is -0.142. The van der Waals surface area contributed by atoms with Crippen LogP contribution in [0.1, 0.15) is 38.3 Å². The molecule has 0 aromatic heterocycles. The largest absolute Gasteiger partial charge is 0.481 e. The van der Waals surface area contributed by atoms with Gasteiger partial charge in [-0.05, 0) is 19.4 Å². The summed E-state index contributed by atoms with van der Waals surface area (Å²) in [7, 11) is 0. The predicted molar refractivity (Wildman–Crippen MR) is 61.3 cm³/mol. The average Bonchev–Trinajstić information content (AvgIpc) is 2.29. The number of aliphatic carboxylic acids is 1. The fourth-order valence-corrected chi connectivity index (χ4v) is 1.46. The number of hydrogen-bond donors (Lipinski definition) is 1. The van der Waals surface area contributed by atoms with Crippen LogP contribution in [0, 0.1) is 0 Å². The van der Waals surface area contributed by atoms with Gasteiger partial charge in [-0.15, -0.1) is 0 Å². The number of alkyl halides is 2. The fraction of sp³-hybridized carbons (Fsp3) is 0.462. The summed E-state index contributed by atoms with van der Waals surface area (Å²) in [6.45, 7) is 4.50. The van der Waals surface area contributed by atoms with Crippen molar-refractivity contribution >= 4 is 5.97 Å². The van der Waals surface area contributed by atoms with Gasteiger partial charge >= 0.3 is 5.97 Å². The first kappa shape index (κ1) is 13.6. The summed E-state index contributed by atoms with van der Waals surface area (Å²) >= 11 is 0. The molecule has 0 heterocycles. The Balaban J connectivity index is 3.09. The first-order chi connectivity index (χ1) is 7.71. The third-order valence-electron chi connectivity index (χ3n) is 3.01. The third kappa shape index (κ3) is 2.62. The highest BCUT2D eigenvalue weighted by molar-refractivity contribution is 5.80. The summed E-state index contributed by atoms with van der Waals surface area (Å²) in [5.41, 5.74) is -0.634. The van der Waals surface area contributed by atoms with E-state index in [9.17, 15) is 13.6 Å². The minimum Gasteiger partial charge on any atom is -0.481 e. The fourth-order valence-electron chi connectivity index (χ4n) is 1.46. The maximum absolute atomic E-state index is 13.4. The van der Waals surface area contributed by atoms with Gasteiger partial charge in [0.15, 0.2) is 0 Å². The van der Waals surface area contributed by atoms with Crippen LogP contribution < -0.4 is 0 Å². The van der Waals surface area contributed by atoms with Crippen LogP contribution in [-0.4, -0.2) is 11.1 Å². The molecule has 17 heavy (non-hydrogen) atoms. The molecule has 1 aromatic rings. The average molecular weight is 242 g/mol. The van der Waals surface area contributed by atoms with Crippen LogP contribution >= 0.6 is 0 Å². The van der Waals surface area contributed by atoms with E-state index in [-0.39, 0.29) is 12.0 Å². The number of carboxylic acid groups (broad SMARTS) is 1. The Morgan fingerprint density at radius 2 is 1.59 bits per heavy atom. The number of carboxylic acids is 1. The smallest absolute Gasteiger partial charge is 0.313 e. The van der Waals surface area contributed by atoms with Gasteiger partial charge in [0.25, 0.3) is 5.92 Å². The molecule has 0 atom stereocenters. The molecule has 0 bridgehead atoms. The van der Waals surface area contributed by atoms with Crippen molar-refractivity contribution < 1.29 is 18.7 Å². The van der Waals surface area contributed by atoms with Gasteiger partial charge in [0.05, 0.1) is 5.41 Å². The van der Waals surface area contributed by atoms with Crippen molar-refractivity contribution in [2.75, 3.05) is 0 Å². The molecule has 0 radical (unpaired) electrons. The Morgan fingerprint density at radius 3 is 1.94 bits per heavy atom. The molecule has 0 aliphatic carbocycles.